The molecule has 2 aromatic carbocycles. The molecule has 0 aliphatic carbocycles. The highest BCUT2D eigenvalue weighted by atomic mass is 35.5. The summed E-state index contributed by atoms with van der Waals surface area (Å²) >= 11 is 1.57. The van der Waals surface area contributed by atoms with Gasteiger partial charge in [0.1, 0.15) is 5.82 Å². The molecule has 0 saturated carbocycles. The molecule has 4 aromatic rings. The molecule has 5 rings (SSSR count). The Kier molecular flexibility index (Phi) is 5.89. The number of aromatic amines is 1. The molecule has 1 N–H and O–H groups in total. The normalized spacial score (nSPS) is 15.0. The molecule has 1 aliphatic rings. The number of nitrogens with zero attached hydrogens (tertiary/aromatic N) is 3. The summed E-state index contributed by atoms with van der Waals surface area (Å²) in [5.74, 6) is 1.38. The predicted molar refractivity (Wildman–Crippen MR) is 119 cm³/mol. The molecule has 1 saturated heterocycles. The molecule has 0 atom stereocenters. The fraction of sp³-hybridized carbons (Fsp3) is 0.286. The number of halogens is 2. The SMILES string of the molecule is Cl.FOc1cc(CCN2CCN(c3nsc4ccccc34)CC2)cc2cc[nH]c12. The number of anilines is 1. The van der Waals surface area contributed by atoms with Gasteiger partial charge < -0.3 is 9.88 Å². The molecule has 2 aromatic heterocycles. The zero-order chi connectivity index (χ0) is 18.9. The minimum absolute atomic E-state index is 0. The second kappa shape index (κ2) is 8.57. The van der Waals surface area contributed by atoms with Crippen LogP contribution in [-0.2, 0) is 6.42 Å². The maximum Gasteiger partial charge on any atom is 0.196 e. The van der Waals surface area contributed by atoms with Gasteiger partial charge in [-0.05, 0) is 53.8 Å². The second-order valence-corrected chi connectivity index (χ2v) is 8.00. The minimum Gasteiger partial charge on any atom is -0.358 e. The first kappa shape index (κ1) is 19.9. The first-order chi connectivity index (χ1) is 13.8. The Balaban J connectivity index is 0.00000205. The predicted octanol–water partition coefficient (Wildman–Crippen LogP) is 4.83. The van der Waals surface area contributed by atoms with Gasteiger partial charge in [-0.15, -0.1) is 12.4 Å². The average Bonchev–Trinajstić information content (AvgIpc) is 3.39. The summed E-state index contributed by atoms with van der Waals surface area (Å²) in [6.07, 6.45) is 2.68. The molecule has 0 bridgehead atoms. The summed E-state index contributed by atoms with van der Waals surface area (Å²) in [6.45, 7) is 4.91. The quantitative estimate of drug-likeness (QED) is 0.490. The molecular weight excluding hydrogens is 411 g/mol. The van der Waals surface area contributed by atoms with Crippen molar-refractivity contribution in [2.75, 3.05) is 37.6 Å². The molecular formula is C21H22ClFN4OS. The Morgan fingerprint density at radius 3 is 2.76 bits per heavy atom. The van der Waals surface area contributed by atoms with E-state index < -0.39 is 0 Å². The number of benzene rings is 2. The van der Waals surface area contributed by atoms with E-state index in [9.17, 15) is 4.53 Å². The van der Waals surface area contributed by atoms with Crippen molar-refractivity contribution in [2.45, 2.75) is 6.42 Å². The number of aromatic nitrogens is 2. The maximum absolute atomic E-state index is 12.9. The molecule has 152 valence electrons. The summed E-state index contributed by atoms with van der Waals surface area (Å²) in [6, 6.07) is 14.3. The first-order valence-corrected chi connectivity index (χ1v) is 10.3. The smallest absolute Gasteiger partial charge is 0.196 e. The first-order valence-electron chi connectivity index (χ1n) is 9.52. The third-order valence-corrected chi connectivity index (χ3v) is 6.33. The van der Waals surface area contributed by atoms with Crippen LogP contribution < -0.4 is 9.84 Å². The van der Waals surface area contributed by atoms with Crippen LogP contribution in [0.4, 0.5) is 10.3 Å². The van der Waals surface area contributed by atoms with E-state index in [4.69, 9.17) is 0 Å². The fourth-order valence-corrected chi connectivity index (χ4v) is 4.77. The van der Waals surface area contributed by atoms with Gasteiger partial charge >= 0.3 is 0 Å². The summed E-state index contributed by atoms with van der Waals surface area (Å²) in [4.78, 5) is 11.9. The van der Waals surface area contributed by atoms with E-state index in [2.05, 4.69) is 54.4 Å². The molecule has 1 aliphatic heterocycles. The van der Waals surface area contributed by atoms with Gasteiger partial charge in [0.15, 0.2) is 5.75 Å². The fourth-order valence-electron chi connectivity index (χ4n) is 3.97. The Morgan fingerprint density at radius 1 is 1.10 bits per heavy atom. The second-order valence-electron chi connectivity index (χ2n) is 7.19. The van der Waals surface area contributed by atoms with Crippen molar-refractivity contribution in [3.05, 3.63) is 54.2 Å². The van der Waals surface area contributed by atoms with Gasteiger partial charge in [0, 0.05) is 54.2 Å². The van der Waals surface area contributed by atoms with Crippen molar-refractivity contribution >= 4 is 50.7 Å². The minimum atomic E-state index is 0. The van der Waals surface area contributed by atoms with Crippen LogP contribution in [0.15, 0.2) is 48.7 Å². The van der Waals surface area contributed by atoms with Crippen molar-refractivity contribution < 1.29 is 9.47 Å². The van der Waals surface area contributed by atoms with Crippen LogP contribution in [0.2, 0.25) is 0 Å². The van der Waals surface area contributed by atoms with Crippen LogP contribution in [0.1, 0.15) is 5.56 Å². The number of rotatable bonds is 5. The molecule has 29 heavy (non-hydrogen) atoms. The van der Waals surface area contributed by atoms with Gasteiger partial charge in [0.05, 0.1) is 10.2 Å². The molecule has 0 amide bonds. The van der Waals surface area contributed by atoms with Gasteiger partial charge in [0.2, 0.25) is 0 Å². The van der Waals surface area contributed by atoms with Crippen LogP contribution in [0.3, 0.4) is 0 Å². The van der Waals surface area contributed by atoms with Crippen LogP contribution in [0.25, 0.3) is 21.0 Å². The van der Waals surface area contributed by atoms with Crippen molar-refractivity contribution in [1.82, 2.24) is 14.3 Å². The highest BCUT2D eigenvalue weighted by Gasteiger charge is 2.20. The largest absolute Gasteiger partial charge is 0.358 e. The summed E-state index contributed by atoms with van der Waals surface area (Å²) in [5, 5.41) is 2.23. The molecule has 0 unspecified atom stereocenters. The molecule has 0 spiro atoms. The van der Waals surface area contributed by atoms with Crippen molar-refractivity contribution in [3.63, 3.8) is 0 Å². The molecule has 0 radical (unpaired) electrons. The summed E-state index contributed by atoms with van der Waals surface area (Å²) < 4.78 is 18.8. The number of fused-ring (bicyclic) bond motifs is 2. The number of nitrogens with one attached hydrogen (secondary N) is 1. The molecule has 5 nitrogen and oxygen atoms in total. The number of piperazine rings is 1. The standard InChI is InChI=1S/C21H21FN4OS.ClH/c22-27-18-14-15(13-16-5-7-23-20(16)18)6-8-25-9-11-26(12-10-25)21-17-3-1-2-4-19(17)28-24-21;/h1-5,7,13-14,23H,6,8-12H2;1H. The van der Waals surface area contributed by atoms with Crippen LogP contribution in [-0.4, -0.2) is 47.0 Å². The summed E-state index contributed by atoms with van der Waals surface area (Å²) in [7, 11) is 0. The third kappa shape index (κ3) is 3.90. The number of hydrogen-bond acceptors (Lipinski definition) is 5. The highest BCUT2D eigenvalue weighted by Crippen LogP contribution is 2.30. The van der Waals surface area contributed by atoms with Crippen molar-refractivity contribution in [2.24, 2.45) is 0 Å². The lowest BCUT2D eigenvalue weighted by Crippen LogP contribution is -2.47. The lowest BCUT2D eigenvalue weighted by Gasteiger charge is -2.35. The lowest BCUT2D eigenvalue weighted by molar-refractivity contribution is -0.00453. The summed E-state index contributed by atoms with van der Waals surface area (Å²) in [5.41, 5.74) is 1.79. The maximum atomic E-state index is 12.9. The number of hydrogen-bond donors (Lipinski definition) is 1. The zero-order valence-electron chi connectivity index (χ0n) is 15.8. The van der Waals surface area contributed by atoms with E-state index in [1.165, 1.54) is 10.1 Å². The van der Waals surface area contributed by atoms with Gasteiger partial charge in [-0.25, -0.2) is 0 Å². The topological polar surface area (TPSA) is 44.4 Å². The van der Waals surface area contributed by atoms with Gasteiger partial charge in [-0.2, -0.15) is 4.37 Å². The van der Waals surface area contributed by atoms with Crippen molar-refractivity contribution in [3.8, 4) is 5.75 Å². The Bertz CT molecular complexity index is 1110. The molecule has 1 fully saturated rings. The van der Waals surface area contributed by atoms with E-state index in [1.807, 2.05) is 6.07 Å². The van der Waals surface area contributed by atoms with Gasteiger partial charge in [-0.3, -0.25) is 9.84 Å². The monoisotopic (exact) mass is 432 g/mol. The van der Waals surface area contributed by atoms with Crippen LogP contribution >= 0.6 is 23.9 Å². The van der Waals surface area contributed by atoms with Gasteiger partial charge in [-0.1, -0.05) is 12.1 Å². The lowest BCUT2D eigenvalue weighted by atomic mass is 10.1. The van der Waals surface area contributed by atoms with Crippen LogP contribution in [0, 0.1) is 0 Å². The highest BCUT2D eigenvalue weighted by molar-refractivity contribution is 7.13. The van der Waals surface area contributed by atoms with E-state index in [1.54, 1.807) is 23.8 Å². The van der Waals surface area contributed by atoms with Crippen LogP contribution in [0.5, 0.6) is 5.75 Å². The average molecular weight is 433 g/mol. The number of H-pyrrole nitrogens is 1. The third-order valence-electron chi connectivity index (χ3n) is 5.51. The van der Waals surface area contributed by atoms with E-state index in [0.29, 0.717) is 5.52 Å². The van der Waals surface area contributed by atoms with Gasteiger partial charge in [0.25, 0.3) is 0 Å². The Hall–Kier alpha value is -2.35. The Labute approximate surface area is 178 Å². The van der Waals surface area contributed by atoms with E-state index >= 15 is 0 Å². The van der Waals surface area contributed by atoms with E-state index in [0.717, 1.165) is 55.9 Å². The zero-order valence-corrected chi connectivity index (χ0v) is 17.4. The molecule has 3 heterocycles. The van der Waals surface area contributed by atoms with E-state index in [-0.39, 0.29) is 18.2 Å². The van der Waals surface area contributed by atoms with Crippen molar-refractivity contribution in [1.29, 1.82) is 0 Å². The molecule has 8 heteroatoms. The Morgan fingerprint density at radius 2 is 1.93 bits per heavy atom.